The van der Waals surface area contributed by atoms with Crippen molar-refractivity contribution in [3.8, 4) is 5.75 Å². The highest BCUT2D eigenvalue weighted by atomic mass is 35.5. The second-order valence-electron chi connectivity index (χ2n) is 5.30. The van der Waals surface area contributed by atoms with E-state index in [4.69, 9.17) is 11.6 Å². The summed E-state index contributed by atoms with van der Waals surface area (Å²) in [6.45, 7) is 3.99. The minimum atomic E-state index is -0.692. The van der Waals surface area contributed by atoms with Crippen LogP contribution in [0.3, 0.4) is 0 Å². The van der Waals surface area contributed by atoms with Crippen LogP contribution < -0.4 is 0 Å². The number of aromatic nitrogens is 1. The molecule has 0 atom stereocenters. The Bertz CT molecular complexity index is 998. The Morgan fingerprint density at radius 1 is 1.33 bits per heavy atom. The van der Waals surface area contributed by atoms with Crippen LogP contribution in [0.4, 0.5) is 10.8 Å². The van der Waals surface area contributed by atoms with Gasteiger partial charge in [-0.2, -0.15) is 0 Å². The van der Waals surface area contributed by atoms with Crippen molar-refractivity contribution in [3.05, 3.63) is 56.1 Å². The molecule has 1 aromatic heterocycles. The number of hydrogen-bond acceptors (Lipinski definition) is 6. The number of nitrogens with zero attached hydrogens (tertiary/aromatic N) is 3. The zero-order valence-electron chi connectivity index (χ0n) is 12.8. The third-order valence-electron chi connectivity index (χ3n) is 3.41. The maximum absolute atomic E-state index is 10.9. The zero-order valence-corrected chi connectivity index (χ0v) is 14.4. The number of phenolic OH excluding ortho intramolecular Hbond substituents is 1. The molecule has 0 bridgehead atoms. The van der Waals surface area contributed by atoms with E-state index in [2.05, 4.69) is 9.98 Å². The molecule has 0 unspecified atom stereocenters. The van der Waals surface area contributed by atoms with Crippen LogP contribution >= 0.6 is 22.9 Å². The van der Waals surface area contributed by atoms with Gasteiger partial charge in [-0.1, -0.05) is 29.0 Å². The van der Waals surface area contributed by atoms with Crippen LogP contribution in [0.25, 0.3) is 10.2 Å². The Hall–Kier alpha value is -2.51. The first kappa shape index (κ1) is 16.4. The van der Waals surface area contributed by atoms with Gasteiger partial charge in [0.1, 0.15) is 0 Å². The van der Waals surface area contributed by atoms with E-state index in [1.165, 1.54) is 23.6 Å². The van der Waals surface area contributed by atoms with Gasteiger partial charge in [0, 0.05) is 22.9 Å². The lowest BCUT2D eigenvalue weighted by atomic mass is 10.1. The molecule has 24 heavy (non-hydrogen) atoms. The molecule has 122 valence electrons. The van der Waals surface area contributed by atoms with E-state index in [1.807, 2.05) is 26.0 Å². The summed E-state index contributed by atoms with van der Waals surface area (Å²) in [6, 6.07) is 6.58. The van der Waals surface area contributed by atoms with E-state index in [0.717, 1.165) is 27.4 Å². The molecule has 8 heteroatoms. The van der Waals surface area contributed by atoms with E-state index >= 15 is 0 Å². The largest absolute Gasteiger partial charge is 0.502 e. The molecule has 0 aliphatic carbocycles. The fraction of sp³-hybridized carbons (Fsp3) is 0.125. The van der Waals surface area contributed by atoms with E-state index in [-0.39, 0.29) is 10.6 Å². The first-order valence-electron chi connectivity index (χ1n) is 6.94. The molecule has 1 heterocycles. The van der Waals surface area contributed by atoms with Gasteiger partial charge in [-0.3, -0.25) is 10.1 Å². The number of aromatic hydroxyl groups is 1. The van der Waals surface area contributed by atoms with Crippen molar-refractivity contribution < 1.29 is 10.0 Å². The number of phenols is 1. The Morgan fingerprint density at radius 2 is 2.08 bits per heavy atom. The molecule has 0 aliphatic heterocycles. The minimum Gasteiger partial charge on any atom is -0.502 e. The van der Waals surface area contributed by atoms with E-state index < -0.39 is 16.4 Å². The highest BCUT2D eigenvalue weighted by Gasteiger charge is 2.17. The molecule has 0 saturated heterocycles. The molecule has 0 amide bonds. The molecule has 0 spiro atoms. The van der Waals surface area contributed by atoms with Gasteiger partial charge < -0.3 is 5.11 Å². The molecule has 0 aliphatic rings. The monoisotopic (exact) mass is 361 g/mol. The Balaban J connectivity index is 2.03. The number of aryl methyl sites for hydroxylation is 2. The Kier molecular flexibility index (Phi) is 4.21. The molecule has 1 N–H and O–H groups in total. The summed E-state index contributed by atoms with van der Waals surface area (Å²) >= 11 is 7.27. The van der Waals surface area contributed by atoms with Gasteiger partial charge in [-0.05, 0) is 37.1 Å². The van der Waals surface area contributed by atoms with Gasteiger partial charge >= 0.3 is 5.69 Å². The minimum absolute atomic E-state index is 0.150. The average molecular weight is 362 g/mol. The fourth-order valence-electron chi connectivity index (χ4n) is 2.38. The number of fused-ring (bicyclic) bond motifs is 1. The smallest absolute Gasteiger partial charge is 0.312 e. The second kappa shape index (κ2) is 6.18. The molecular formula is C16H12ClN3O3S. The number of rotatable bonds is 3. The average Bonchev–Trinajstić information content (AvgIpc) is 2.90. The summed E-state index contributed by atoms with van der Waals surface area (Å²) in [5.74, 6) is -0.471. The SMILES string of the molecule is Cc1cc(C)c2nc(N=Cc3cc(Cl)cc([N+](=O)[O-])c3O)sc2c1. The quantitative estimate of drug-likeness (QED) is 0.407. The molecule has 3 rings (SSSR count). The zero-order chi connectivity index (χ0) is 17.4. The number of halogens is 1. The number of nitro groups is 1. The Morgan fingerprint density at radius 3 is 2.79 bits per heavy atom. The van der Waals surface area contributed by atoms with Gasteiger partial charge in [-0.15, -0.1) is 0 Å². The van der Waals surface area contributed by atoms with E-state index in [9.17, 15) is 15.2 Å². The summed E-state index contributed by atoms with van der Waals surface area (Å²) in [7, 11) is 0. The molecule has 0 radical (unpaired) electrons. The lowest BCUT2D eigenvalue weighted by Gasteiger charge is -2.00. The van der Waals surface area contributed by atoms with Gasteiger partial charge in [0.2, 0.25) is 10.9 Å². The first-order chi connectivity index (χ1) is 11.3. The third kappa shape index (κ3) is 3.08. The normalized spacial score (nSPS) is 11.5. The second-order valence-corrected chi connectivity index (χ2v) is 6.75. The van der Waals surface area contributed by atoms with Crippen molar-refractivity contribution in [1.82, 2.24) is 4.98 Å². The highest BCUT2D eigenvalue weighted by molar-refractivity contribution is 7.22. The van der Waals surface area contributed by atoms with E-state index in [0.29, 0.717) is 5.13 Å². The summed E-state index contributed by atoms with van der Waals surface area (Å²) in [6.07, 6.45) is 1.33. The number of aliphatic imine (C=N–C) groups is 1. The number of nitro benzene ring substituents is 1. The van der Waals surface area contributed by atoms with Crippen molar-refractivity contribution in [2.24, 2.45) is 4.99 Å². The predicted octanol–water partition coefficient (Wildman–Crippen LogP) is 4.93. The van der Waals surface area contributed by atoms with Crippen LogP contribution in [0, 0.1) is 24.0 Å². The van der Waals surface area contributed by atoms with Crippen LogP contribution in [0.2, 0.25) is 5.02 Å². The maximum atomic E-state index is 10.9. The summed E-state index contributed by atoms with van der Waals surface area (Å²) in [5.41, 5.74) is 2.78. The first-order valence-corrected chi connectivity index (χ1v) is 8.13. The van der Waals surface area contributed by atoms with Crippen molar-refractivity contribution >= 4 is 50.2 Å². The standard InChI is InChI=1S/C16H12ClN3O3S/c1-8-3-9(2)14-13(4-8)24-16(19-14)18-7-10-5-11(17)6-12(15(10)21)20(22)23/h3-7,21H,1-2H3. The molecular weight excluding hydrogens is 350 g/mol. The predicted molar refractivity (Wildman–Crippen MR) is 96.1 cm³/mol. The van der Waals surface area contributed by atoms with Crippen molar-refractivity contribution in [2.45, 2.75) is 13.8 Å². The van der Waals surface area contributed by atoms with Crippen LogP contribution in [0.5, 0.6) is 5.75 Å². The summed E-state index contributed by atoms with van der Waals surface area (Å²) < 4.78 is 1.01. The topological polar surface area (TPSA) is 88.6 Å². The maximum Gasteiger partial charge on any atom is 0.312 e. The molecule has 0 fully saturated rings. The number of thiazole rings is 1. The van der Waals surface area contributed by atoms with Crippen LogP contribution in [-0.4, -0.2) is 21.2 Å². The van der Waals surface area contributed by atoms with Gasteiger partial charge in [-0.25, -0.2) is 9.98 Å². The van der Waals surface area contributed by atoms with E-state index in [1.54, 1.807) is 0 Å². The van der Waals surface area contributed by atoms with Crippen LogP contribution in [0.1, 0.15) is 16.7 Å². The number of benzene rings is 2. The molecule has 0 saturated carbocycles. The van der Waals surface area contributed by atoms with Crippen LogP contribution in [0.15, 0.2) is 29.3 Å². The van der Waals surface area contributed by atoms with Crippen LogP contribution in [-0.2, 0) is 0 Å². The summed E-state index contributed by atoms with van der Waals surface area (Å²) in [4.78, 5) is 18.9. The third-order valence-corrected chi connectivity index (χ3v) is 4.54. The lowest BCUT2D eigenvalue weighted by Crippen LogP contribution is -1.92. The lowest BCUT2D eigenvalue weighted by molar-refractivity contribution is -0.385. The van der Waals surface area contributed by atoms with Gasteiger partial charge in [0.25, 0.3) is 0 Å². The van der Waals surface area contributed by atoms with Crippen molar-refractivity contribution in [1.29, 1.82) is 0 Å². The fourth-order valence-corrected chi connectivity index (χ4v) is 3.59. The Labute approximate surface area is 146 Å². The van der Waals surface area contributed by atoms with Gasteiger partial charge in [0.15, 0.2) is 0 Å². The van der Waals surface area contributed by atoms with Gasteiger partial charge in [0.05, 0.1) is 15.1 Å². The number of hydrogen-bond donors (Lipinski definition) is 1. The van der Waals surface area contributed by atoms with Crippen molar-refractivity contribution in [2.75, 3.05) is 0 Å². The highest BCUT2D eigenvalue weighted by Crippen LogP contribution is 2.34. The summed E-state index contributed by atoms with van der Waals surface area (Å²) in [5, 5.41) is 21.5. The molecule has 6 nitrogen and oxygen atoms in total. The molecule has 3 aromatic rings. The van der Waals surface area contributed by atoms with Crippen molar-refractivity contribution in [3.63, 3.8) is 0 Å². The molecule has 2 aromatic carbocycles.